The summed E-state index contributed by atoms with van der Waals surface area (Å²) in [5, 5.41) is 12.8. The van der Waals surface area contributed by atoms with Gasteiger partial charge in [0.05, 0.1) is 17.8 Å². The topological polar surface area (TPSA) is 45.1 Å². The normalized spacial score (nSPS) is 29.5. The molecule has 4 heteroatoms. The molecule has 3 nitrogen and oxygen atoms in total. The minimum atomic E-state index is -0.258. The van der Waals surface area contributed by atoms with Gasteiger partial charge in [-0.15, -0.1) is 0 Å². The number of aryl methyl sites for hydroxylation is 1. The van der Waals surface area contributed by atoms with E-state index in [9.17, 15) is 5.11 Å². The van der Waals surface area contributed by atoms with E-state index in [1.54, 1.807) is 0 Å². The Labute approximate surface area is 75.6 Å². The largest absolute Gasteiger partial charge is 0.391 e. The summed E-state index contributed by atoms with van der Waals surface area (Å²) < 4.78 is 4.27. The summed E-state index contributed by atoms with van der Waals surface area (Å²) in [5.74, 6) is 0. The fraction of sp³-hybridized carbons (Fsp3) is 0.625. The van der Waals surface area contributed by atoms with Gasteiger partial charge in [0, 0.05) is 4.88 Å². The molecule has 0 aliphatic carbocycles. The Morgan fingerprint density at radius 1 is 1.75 bits per heavy atom. The van der Waals surface area contributed by atoms with E-state index in [0.29, 0.717) is 0 Å². The second-order valence-electron chi connectivity index (χ2n) is 3.15. The zero-order valence-corrected chi connectivity index (χ0v) is 7.77. The van der Waals surface area contributed by atoms with Crippen LogP contribution in [0.25, 0.3) is 0 Å². The first-order chi connectivity index (χ1) is 5.77. The Kier molecular flexibility index (Phi) is 2.12. The smallest absolute Gasteiger partial charge is 0.0770 e. The van der Waals surface area contributed by atoms with Gasteiger partial charge in [-0.25, -0.2) is 0 Å². The number of rotatable bonds is 1. The SMILES string of the molecule is Cc1cc(C2NCCC2O)ns1. The Balaban J connectivity index is 2.19. The summed E-state index contributed by atoms with van der Waals surface area (Å²) in [6.07, 6.45) is 0.577. The minimum absolute atomic E-state index is 0.0648. The number of nitrogens with zero attached hydrogens (tertiary/aromatic N) is 1. The number of aliphatic hydroxyl groups is 1. The maximum atomic E-state index is 9.55. The summed E-state index contributed by atoms with van der Waals surface area (Å²) in [4.78, 5) is 1.20. The highest BCUT2D eigenvalue weighted by Gasteiger charge is 2.27. The molecule has 1 aliphatic rings. The van der Waals surface area contributed by atoms with Crippen LogP contribution >= 0.6 is 11.5 Å². The van der Waals surface area contributed by atoms with Crippen LogP contribution in [0.15, 0.2) is 6.07 Å². The van der Waals surface area contributed by atoms with E-state index < -0.39 is 0 Å². The van der Waals surface area contributed by atoms with Gasteiger partial charge in [-0.3, -0.25) is 0 Å². The molecule has 0 spiro atoms. The third-order valence-corrected chi connectivity index (χ3v) is 2.86. The predicted octanol–water partition coefficient (Wildman–Crippen LogP) is 0.847. The molecule has 0 bridgehead atoms. The molecule has 1 aromatic heterocycles. The summed E-state index contributed by atoms with van der Waals surface area (Å²) in [5.41, 5.74) is 0.988. The quantitative estimate of drug-likeness (QED) is 0.680. The highest BCUT2D eigenvalue weighted by molar-refractivity contribution is 7.05. The van der Waals surface area contributed by atoms with Crippen molar-refractivity contribution in [1.82, 2.24) is 9.69 Å². The Morgan fingerprint density at radius 3 is 3.08 bits per heavy atom. The van der Waals surface area contributed by atoms with E-state index in [1.165, 1.54) is 16.4 Å². The van der Waals surface area contributed by atoms with Crippen LogP contribution in [0, 0.1) is 6.92 Å². The van der Waals surface area contributed by atoms with Gasteiger partial charge in [0.15, 0.2) is 0 Å². The van der Waals surface area contributed by atoms with E-state index in [1.807, 2.05) is 13.0 Å². The first kappa shape index (κ1) is 8.16. The van der Waals surface area contributed by atoms with Crippen LogP contribution in [-0.4, -0.2) is 22.1 Å². The van der Waals surface area contributed by atoms with Crippen LogP contribution in [0.4, 0.5) is 0 Å². The van der Waals surface area contributed by atoms with Crippen molar-refractivity contribution < 1.29 is 5.11 Å². The zero-order chi connectivity index (χ0) is 8.55. The maximum Gasteiger partial charge on any atom is 0.0770 e. The molecule has 66 valence electrons. The van der Waals surface area contributed by atoms with Crippen molar-refractivity contribution in [3.05, 3.63) is 16.6 Å². The third-order valence-electron chi connectivity index (χ3n) is 2.15. The summed E-state index contributed by atoms with van der Waals surface area (Å²) >= 11 is 1.49. The van der Waals surface area contributed by atoms with Crippen molar-refractivity contribution in [2.75, 3.05) is 6.54 Å². The van der Waals surface area contributed by atoms with Gasteiger partial charge in [0.25, 0.3) is 0 Å². The van der Waals surface area contributed by atoms with Gasteiger partial charge in [-0.2, -0.15) is 4.37 Å². The van der Waals surface area contributed by atoms with E-state index in [-0.39, 0.29) is 12.1 Å². The molecule has 2 heterocycles. The molecule has 1 aliphatic heterocycles. The first-order valence-electron chi connectivity index (χ1n) is 4.12. The fourth-order valence-electron chi connectivity index (χ4n) is 1.52. The van der Waals surface area contributed by atoms with E-state index in [0.717, 1.165) is 18.7 Å². The highest BCUT2D eigenvalue weighted by atomic mass is 32.1. The van der Waals surface area contributed by atoms with Crippen LogP contribution in [0.3, 0.4) is 0 Å². The molecule has 2 atom stereocenters. The van der Waals surface area contributed by atoms with Crippen molar-refractivity contribution in [2.45, 2.75) is 25.5 Å². The molecule has 1 fully saturated rings. The van der Waals surface area contributed by atoms with Gasteiger partial charge in [-0.1, -0.05) is 0 Å². The lowest BCUT2D eigenvalue weighted by atomic mass is 10.1. The lowest BCUT2D eigenvalue weighted by Gasteiger charge is -2.10. The van der Waals surface area contributed by atoms with Crippen LogP contribution in [0.1, 0.15) is 23.0 Å². The number of hydrogen-bond donors (Lipinski definition) is 2. The average Bonchev–Trinajstić information content (AvgIpc) is 2.58. The van der Waals surface area contributed by atoms with Gasteiger partial charge in [-0.05, 0) is 37.5 Å². The molecule has 2 rings (SSSR count). The van der Waals surface area contributed by atoms with Gasteiger partial charge < -0.3 is 10.4 Å². The van der Waals surface area contributed by atoms with Crippen molar-refractivity contribution in [1.29, 1.82) is 0 Å². The monoisotopic (exact) mass is 184 g/mol. The summed E-state index contributed by atoms with van der Waals surface area (Å²) in [6, 6.07) is 2.10. The van der Waals surface area contributed by atoms with Crippen molar-refractivity contribution in [2.24, 2.45) is 0 Å². The van der Waals surface area contributed by atoms with E-state index in [2.05, 4.69) is 9.69 Å². The molecule has 2 N–H and O–H groups in total. The van der Waals surface area contributed by atoms with E-state index >= 15 is 0 Å². The molecular weight excluding hydrogens is 172 g/mol. The van der Waals surface area contributed by atoms with Crippen LogP contribution in [0.5, 0.6) is 0 Å². The van der Waals surface area contributed by atoms with Crippen molar-refractivity contribution in [3.8, 4) is 0 Å². The van der Waals surface area contributed by atoms with Crippen molar-refractivity contribution in [3.63, 3.8) is 0 Å². The lowest BCUT2D eigenvalue weighted by molar-refractivity contribution is 0.159. The third kappa shape index (κ3) is 1.37. The molecule has 0 amide bonds. The zero-order valence-electron chi connectivity index (χ0n) is 6.95. The average molecular weight is 184 g/mol. The molecule has 0 saturated carbocycles. The highest BCUT2D eigenvalue weighted by Crippen LogP contribution is 2.24. The first-order valence-corrected chi connectivity index (χ1v) is 4.89. The molecule has 0 aromatic carbocycles. The van der Waals surface area contributed by atoms with E-state index in [4.69, 9.17) is 0 Å². The Morgan fingerprint density at radius 2 is 2.58 bits per heavy atom. The van der Waals surface area contributed by atoms with Gasteiger partial charge in [0.1, 0.15) is 0 Å². The Hall–Kier alpha value is -0.450. The molecule has 1 aromatic rings. The van der Waals surface area contributed by atoms with Gasteiger partial charge in [0.2, 0.25) is 0 Å². The molecule has 0 radical (unpaired) electrons. The van der Waals surface area contributed by atoms with Gasteiger partial charge >= 0.3 is 0 Å². The second kappa shape index (κ2) is 3.12. The number of nitrogens with one attached hydrogen (secondary N) is 1. The van der Waals surface area contributed by atoms with Crippen molar-refractivity contribution >= 4 is 11.5 Å². The van der Waals surface area contributed by atoms with Crippen LogP contribution in [0.2, 0.25) is 0 Å². The minimum Gasteiger partial charge on any atom is -0.391 e. The summed E-state index contributed by atoms with van der Waals surface area (Å²) in [6.45, 7) is 2.92. The summed E-state index contributed by atoms with van der Waals surface area (Å²) in [7, 11) is 0. The number of aromatic nitrogens is 1. The second-order valence-corrected chi connectivity index (χ2v) is 4.16. The fourth-order valence-corrected chi connectivity index (χ4v) is 2.11. The molecule has 2 unspecified atom stereocenters. The number of hydrogen-bond acceptors (Lipinski definition) is 4. The standard InChI is InChI=1S/C8H12N2OS/c1-5-4-6(10-12-5)8-7(11)2-3-9-8/h4,7-9,11H,2-3H2,1H3. The van der Waals surface area contributed by atoms with Crippen LogP contribution in [-0.2, 0) is 0 Å². The van der Waals surface area contributed by atoms with Crippen LogP contribution < -0.4 is 5.32 Å². The molecular formula is C8H12N2OS. The number of aliphatic hydroxyl groups excluding tert-OH is 1. The molecule has 1 saturated heterocycles. The predicted molar refractivity (Wildman–Crippen MR) is 48.2 cm³/mol. The Bertz CT molecular complexity index is 274. The molecule has 12 heavy (non-hydrogen) atoms. The lowest BCUT2D eigenvalue weighted by Crippen LogP contribution is -2.20. The maximum absolute atomic E-state index is 9.55.